The fourth-order valence-electron chi connectivity index (χ4n) is 1.61. The molecule has 3 N–H and O–H groups in total. The summed E-state index contributed by atoms with van der Waals surface area (Å²) in [7, 11) is 1.57. The number of nitrogens with two attached hydrogens (primary N) is 1. The Kier molecular flexibility index (Phi) is 4.44. The topological polar surface area (TPSA) is 73.6 Å². The largest absolute Gasteiger partial charge is 0.497 e. The Morgan fingerprint density at radius 1 is 1.15 bits per heavy atom. The number of carbonyl (C=O) groups excluding carboxylic acids is 1. The van der Waals surface area contributed by atoms with E-state index in [4.69, 9.17) is 15.2 Å². The van der Waals surface area contributed by atoms with Crippen LogP contribution in [0.1, 0.15) is 0 Å². The number of anilines is 2. The second kappa shape index (κ2) is 6.47. The van der Waals surface area contributed by atoms with Crippen LogP contribution in [0.15, 0.2) is 48.5 Å². The molecule has 0 unspecified atom stereocenters. The van der Waals surface area contributed by atoms with Crippen LogP contribution in [0, 0.1) is 0 Å². The number of nitrogen functional groups attached to an aromatic ring is 1. The van der Waals surface area contributed by atoms with Crippen LogP contribution < -0.4 is 20.5 Å². The summed E-state index contributed by atoms with van der Waals surface area (Å²) < 4.78 is 10.4. The van der Waals surface area contributed by atoms with Crippen molar-refractivity contribution in [3.05, 3.63) is 48.5 Å². The van der Waals surface area contributed by atoms with Gasteiger partial charge in [0.15, 0.2) is 6.61 Å². The second-order valence-electron chi connectivity index (χ2n) is 4.14. The highest BCUT2D eigenvalue weighted by atomic mass is 16.5. The van der Waals surface area contributed by atoms with Crippen molar-refractivity contribution in [3.63, 3.8) is 0 Å². The molecule has 0 aromatic heterocycles. The summed E-state index contributed by atoms with van der Waals surface area (Å²) in [5, 5.41) is 2.73. The van der Waals surface area contributed by atoms with Gasteiger partial charge in [-0.05, 0) is 36.4 Å². The summed E-state index contributed by atoms with van der Waals surface area (Å²) >= 11 is 0. The van der Waals surface area contributed by atoms with Crippen LogP contribution in [0.3, 0.4) is 0 Å². The number of rotatable bonds is 5. The second-order valence-corrected chi connectivity index (χ2v) is 4.14. The summed E-state index contributed by atoms with van der Waals surface area (Å²) in [6, 6.07) is 14.0. The molecular weight excluding hydrogens is 256 g/mol. The molecule has 20 heavy (non-hydrogen) atoms. The standard InChI is InChI=1S/C15H16N2O3/c1-19-14-4-2-3-12(9-14)17-15(18)10-20-13-7-5-11(16)6-8-13/h2-9H,10,16H2,1H3,(H,17,18). The number of methoxy groups -OCH3 is 1. The van der Waals surface area contributed by atoms with E-state index in [0.29, 0.717) is 22.9 Å². The van der Waals surface area contributed by atoms with E-state index in [1.54, 1.807) is 55.6 Å². The van der Waals surface area contributed by atoms with Gasteiger partial charge < -0.3 is 20.5 Å². The number of amides is 1. The molecule has 0 aliphatic carbocycles. The van der Waals surface area contributed by atoms with Gasteiger partial charge in [-0.2, -0.15) is 0 Å². The molecule has 1 amide bonds. The molecule has 5 heteroatoms. The molecule has 2 aromatic carbocycles. The van der Waals surface area contributed by atoms with Crippen LogP contribution >= 0.6 is 0 Å². The molecular formula is C15H16N2O3. The monoisotopic (exact) mass is 272 g/mol. The van der Waals surface area contributed by atoms with Gasteiger partial charge in [-0.1, -0.05) is 6.07 Å². The van der Waals surface area contributed by atoms with Gasteiger partial charge in [-0.3, -0.25) is 4.79 Å². The Morgan fingerprint density at radius 3 is 2.60 bits per heavy atom. The number of hydrogen-bond donors (Lipinski definition) is 2. The highest BCUT2D eigenvalue weighted by molar-refractivity contribution is 5.92. The number of carbonyl (C=O) groups is 1. The third-order valence-corrected chi connectivity index (χ3v) is 2.60. The molecule has 0 saturated heterocycles. The maximum Gasteiger partial charge on any atom is 0.262 e. The fourth-order valence-corrected chi connectivity index (χ4v) is 1.61. The Morgan fingerprint density at radius 2 is 1.90 bits per heavy atom. The fraction of sp³-hybridized carbons (Fsp3) is 0.133. The van der Waals surface area contributed by atoms with Crippen molar-refractivity contribution in [2.75, 3.05) is 24.8 Å². The van der Waals surface area contributed by atoms with Crippen molar-refractivity contribution in [2.24, 2.45) is 0 Å². The summed E-state index contributed by atoms with van der Waals surface area (Å²) in [4.78, 5) is 11.8. The molecule has 104 valence electrons. The summed E-state index contributed by atoms with van der Waals surface area (Å²) in [6.07, 6.45) is 0. The van der Waals surface area contributed by atoms with Crippen molar-refractivity contribution in [1.29, 1.82) is 0 Å². The zero-order chi connectivity index (χ0) is 14.4. The molecule has 2 aromatic rings. The molecule has 0 spiro atoms. The van der Waals surface area contributed by atoms with Gasteiger partial charge >= 0.3 is 0 Å². The number of nitrogens with one attached hydrogen (secondary N) is 1. The first-order chi connectivity index (χ1) is 9.67. The highest BCUT2D eigenvalue weighted by Gasteiger charge is 2.04. The van der Waals surface area contributed by atoms with Crippen LogP contribution in [0.25, 0.3) is 0 Å². The predicted molar refractivity (Wildman–Crippen MR) is 78.0 cm³/mol. The SMILES string of the molecule is COc1cccc(NC(=O)COc2ccc(N)cc2)c1. The van der Waals surface area contributed by atoms with E-state index >= 15 is 0 Å². The lowest BCUT2D eigenvalue weighted by Crippen LogP contribution is -2.20. The van der Waals surface area contributed by atoms with E-state index in [0.717, 1.165) is 0 Å². The molecule has 2 rings (SSSR count). The minimum Gasteiger partial charge on any atom is -0.497 e. The first-order valence-corrected chi connectivity index (χ1v) is 6.09. The van der Waals surface area contributed by atoms with Crippen molar-refractivity contribution >= 4 is 17.3 Å². The highest BCUT2D eigenvalue weighted by Crippen LogP contribution is 2.17. The van der Waals surface area contributed by atoms with E-state index in [1.807, 2.05) is 0 Å². The molecule has 0 saturated carbocycles. The lowest BCUT2D eigenvalue weighted by Gasteiger charge is -2.08. The lowest BCUT2D eigenvalue weighted by atomic mass is 10.3. The van der Waals surface area contributed by atoms with Crippen molar-refractivity contribution in [2.45, 2.75) is 0 Å². The van der Waals surface area contributed by atoms with Gasteiger partial charge in [0.05, 0.1) is 7.11 Å². The minimum absolute atomic E-state index is 0.0683. The average Bonchev–Trinajstić information content (AvgIpc) is 2.47. The Labute approximate surface area is 117 Å². The summed E-state index contributed by atoms with van der Waals surface area (Å²) in [5.41, 5.74) is 6.88. The molecule has 5 nitrogen and oxygen atoms in total. The number of ether oxygens (including phenoxy) is 2. The van der Waals surface area contributed by atoms with Crippen LogP contribution in [0.2, 0.25) is 0 Å². The smallest absolute Gasteiger partial charge is 0.262 e. The molecule has 0 radical (unpaired) electrons. The third-order valence-electron chi connectivity index (χ3n) is 2.60. The van der Waals surface area contributed by atoms with E-state index < -0.39 is 0 Å². The van der Waals surface area contributed by atoms with E-state index in [9.17, 15) is 4.79 Å². The number of benzene rings is 2. The zero-order valence-electron chi connectivity index (χ0n) is 11.1. The molecule has 0 fully saturated rings. The van der Waals surface area contributed by atoms with Gasteiger partial charge in [0, 0.05) is 17.4 Å². The Hall–Kier alpha value is -2.69. The Balaban J connectivity index is 1.87. The normalized spacial score (nSPS) is 9.85. The van der Waals surface area contributed by atoms with Crippen LogP contribution in [0.4, 0.5) is 11.4 Å². The van der Waals surface area contributed by atoms with Gasteiger partial charge in [-0.15, -0.1) is 0 Å². The van der Waals surface area contributed by atoms with Crippen molar-refractivity contribution < 1.29 is 14.3 Å². The van der Waals surface area contributed by atoms with Crippen LogP contribution in [-0.4, -0.2) is 19.6 Å². The average molecular weight is 272 g/mol. The third kappa shape index (κ3) is 3.91. The molecule has 0 aliphatic heterocycles. The van der Waals surface area contributed by atoms with Crippen molar-refractivity contribution in [1.82, 2.24) is 0 Å². The lowest BCUT2D eigenvalue weighted by molar-refractivity contribution is -0.118. The maximum atomic E-state index is 11.8. The molecule has 0 atom stereocenters. The quantitative estimate of drug-likeness (QED) is 0.819. The minimum atomic E-state index is -0.241. The van der Waals surface area contributed by atoms with E-state index in [1.165, 1.54) is 0 Å². The first kappa shape index (κ1) is 13.7. The van der Waals surface area contributed by atoms with Crippen molar-refractivity contribution in [3.8, 4) is 11.5 Å². The maximum absolute atomic E-state index is 11.8. The van der Waals surface area contributed by atoms with Crippen LogP contribution in [-0.2, 0) is 4.79 Å². The molecule has 0 aliphatic rings. The zero-order valence-corrected chi connectivity index (χ0v) is 11.1. The first-order valence-electron chi connectivity index (χ1n) is 6.09. The van der Waals surface area contributed by atoms with E-state index in [2.05, 4.69) is 5.32 Å². The predicted octanol–water partition coefficient (Wildman–Crippen LogP) is 2.29. The Bertz CT molecular complexity index is 582. The number of hydrogen-bond acceptors (Lipinski definition) is 4. The van der Waals surface area contributed by atoms with Gasteiger partial charge in [-0.25, -0.2) is 0 Å². The van der Waals surface area contributed by atoms with E-state index in [-0.39, 0.29) is 12.5 Å². The van der Waals surface area contributed by atoms with Crippen LogP contribution in [0.5, 0.6) is 11.5 Å². The molecule has 0 bridgehead atoms. The molecule has 0 heterocycles. The van der Waals surface area contributed by atoms with Gasteiger partial charge in [0.25, 0.3) is 5.91 Å². The van der Waals surface area contributed by atoms with Gasteiger partial charge in [0.2, 0.25) is 0 Å². The van der Waals surface area contributed by atoms with Gasteiger partial charge in [0.1, 0.15) is 11.5 Å². The summed E-state index contributed by atoms with van der Waals surface area (Å²) in [6.45, 7) is -0.0683. The summed E-state index contributed by atoms with van der Waals surface area (Å²) in [5.74, 6) is 1.04.